The first-order valence-corrected chi connectivity index (χ1v) is 11.6. The molecule has 0 spiro atoms. The van der Waals surface area contributed by atoms with Crippen molar-refractivity contribution < 1.29 is 14.2 Å². The van der Waals surface area contributed by atoms with E-state index in [-0.39, 0.29) is 0 Å². The van der Waals surface area contributed by atoms with E-state index in [1.807, 2.05) is 18.2 Å². The molecular weight excluding hydrogens is 422 g/mol. The lowest BCUT2D eigenvalue weighted by Gasteiger charge is -2.11. The van der Waals surface area contributed by atoms with Gasteiger partial charge in [-0.15, -0.1) is 0 Å². The average Bonchev–Trinajstić information content (AvgIpc) is 3.14. The molecule has 0 aliphatic rings. The smallest absolute Gasteiger partial charge is 0.121 e. The molecule has 1 N–H and O–H groups in total. The molecule has 7 heteroatoms. The van der Waals surface area contributed by atoms with Crippen LogP contribution < -0.4 is 10.1 Å². The summed E-state index contributed by atoms with van der Waals surface area (Å²) in [5.74, 6) is 1.62. The van der Waals surface area contributed by atoms with Crippen LogP contribution in [0.2, 0.25) is 0 Å². The number of rotatable bonds is 13. The summed E-state index contributed by atoms with van der Waals surface area (Å²) in [4.78, 5) is 0. The van der Waals surface area contributed by atoms with Gasteiger partial charge in [-0.25, -0.2) is 0 Å². The zero-order valence-corrected chi connectivity index (χ0v) is 19.7. The van der Waals surface area contributed by atoms with Crippen molar-refractivity contribution in [2.45, 2.75) is 19.9 Å². The number of thiol groups is 1. The van der Waals surface area contributed by atoms with Gasteiger partial charge in [0.15, 0.2) is 0 Å². The molecule has 0 atom stereocenters. The fourth-order valence-corrected chi connectivity index (χ4v) is 3.84. The number of anilines is 1. The van der Waals surface area contributed by atoms with Gasteiger partial charge in [-0.3, -0.25) is 0 Å². The van der Waals surface area contributed by atoms with E-state index in [0.29, 0.717) is 32.0 Å². The largest absolute Gasteiger partial charge is 0.491 e. The second-order valence-electron chi connectivity index (χ2n) is 7.29. The van der Waals surface area contributed by atoms with Crippen LogP contribution in [0.4, 0.5) is 5.69 Å². The quantitative estimate of drug-likeness (QED) is 0.282. The van der Waals surface area contributed by atoms with Gasteiger partial charge in [0.05, 0.1) is 36.6 Å². The van der Waals surface area contributed by atoms with Crippen LogP contribution in [0.5, 0.6) is 5.75 Å². The number of nitrogens with zero attached hydrogens (tertiary/aromatic N) is 2. The van der Waals surface area contributed by atoms with Crippen LogP contribution in [0.1, 0.15) is 18.9 Å². The number of nitrogens with one attached hydrogen (secondary N) is 1. The van der Waals surface area contributed by atoms with E-state index in [4.69, 9.17) is 14.2 Å². The Kier molecular flexibility index (Phi) is 9.29. The summed E-state index contributed by atoms with van der Waals surface area (Å²) in [7, 11) is 1.65. The number of methoxy groups -OCH3 is 1. The molecule has 0 amide bonds. The molecule has 6 nitrogen and oxygen atoms in total. The standard InChI is InChI=1S/C25H31N3O3S/c1-3-28-24-17-21(31-15-14-30-13-12-29-2)9-10-22(24)23(18-26)25(28)19-5-7-20(8-6-19)27-11-4-16-32/h5-10,17,27,32H,3-4,11-16H2,1-2H3. The molecule has 0 fully saturated rings. The van der Waals surface area contributed by atoms with Gasteiger partial charge >= 0.3 is 0 Å². The lowest BCUT2D eigenvalue weighted by Crippen LogP contribution is -2.10. The summed E-state index contributed by atoms with van der Waals surface area (Å²) in [6, 6.07) is 16.6. The second kappa shape index (κ2) is 12.4. The molecule has 0 saturated heterocycles. The number of hydrogen-bond donors (Lipinski definition) is 2. The van der Waals surface area contributed by atoms with Crippen molar-refractivity contribution in [3.8, 4) is 23.1 Å². The molecule has 0 radical (unpaired) electrons. The van der Waals surface area contributed by atoms with Gasteiger partial charge in [-0.1, -0.05) is 12.1 Å². The second-order valence-corrected chi connectivity index (χ2v) is 7.74. The predicted molar refractivity (Wildman–Crippen MR) is 133 cm³/mol. The monoisotopic (exact) mass is 453 g/mol. The van der Waals surface area contributed by atoms with Gasteiger partial charge in [0.25, 0.3) is 0 Å². The van der Waals surface area contributed by atoms with E-state index in [0.717, 1.165) is 58.9 Å². The number of fused-ring (bicyclic) bond motifs is 1. The molecule has 0 aliphatic heterocycles. The first-order valence-electron chi connectivity index (χ1n) is 10.9. The highest BCUT2D eigenvalue weighted by molar-refractivity contribution is 7.80. The van der Waals surface area contributed by atoms with Crippen LogP contribution in [0, 0.1) is 11.3 Å². The number of hydrogen-bond acceptors (Lipinski definition) is 6. The Morgan fingerprint density at radius 2 is 1.84 bits per heavy atom. The van der Waals surface area contributed by atoms with E-state index in [1.54, 1.807) is 7.11 Å². The molecule has 1 aromatic heterocycles. The number of nitriles is 1. The molecule has 32 heavy (non-hydrogen) atoms. The average molecular weight is 454 g/mol. The maximum Gasteiger partial charge on any atom is 0.121 e. The van der Waals surface area contributed by atoms with E-state index in [2.05, 4.69) is 59.8 Å². The van der Waals surface area contributed by atoms with Crippen LogP contribution in [0.25, 0.3) is 22.2 Å². The Bertz CT molecular complexity index is 1040. The Morgan fingerprint density at radius 3 is 2.53 bits per heavy atom. The minimum atomic E-state index is 0.460. The lowest BCUT2D eigenvalue weighted by molar-refractivity contribution is 0.0544. The van der Waals surface area contributed by atoms with Gasteiger partial charge in [0, 0.05) is 37.3 Å². The van der Waals surface area contributed by atoms with Crippen molar-refractivity contribution in [1.29, 1.82) is 5.26 Å². The maximum absolute atomic E-state index is 9.96. The highest BCUT2D eigenvalue weighted by atomic mass is 32.1. The normalized spacial score (nSPS) is 10.9. The maximum atomic E-state index is 9.96. The van der Waals surface area contributed by atoms with Crippen molar-refractivity contribution >= 4 is 29.2 Å². The lowest BCUT2D eigenvalue weighted by atomic mass is 10.1. The number of benzene rings is 2. The summed E-state index contributed by atoms with van der Waals surface area (Å²) in [5.41, 5.74) is 4.71. The van der Waals surface area contributed by atoms with Crippen LogP contribution in [0.15, 0.2) is 42.5 Å². The van der Waals surface area contributed by atoms with Crippen LogP contribution in [0.3, 0.4) is 0 Å². The fraction of sp³-hybridized carbons (Fsp3) is 0.400. The molecule has 3 aromatic rings. The van der Waals surface area contributed by atoms with Crippen molar-refractivity contribution in [3.05, 3.63) is 48.0 Å². The third-order valence-corrected chi connectivity index (χ3v) is 5.53. The van der Waals surface area contributed by atoms with Gasteiger partial charge < -0.3 is 24.1 Å². The van der Waals surface area contributed by atoms with Gasteiger partial charge in [0.2, 0.25) is 0 Å². The first-order chi connectivity index (χ1) is 15.7. The Morgan fingerprint density at radius 1 is 1.06 bits per heavy atom. The fourth-order valence-electron chi connectivity index (χ4n) is 3.68. The molecule has 3 rings (SSSR count). The minimum Gasteiger partial charge on any atom is -0.491 e. The van der Waals surface area contributed by atoms with Crippen LogP contribution in [-0.2, 0) is 16.0 Å². The van der Waals surface area contributed by atoms with Gasteiger partial charge in [0.1, 0.15) is 18.4 Å². The summed E-state index contributed by atoms with van der Waals surface area (Å²) >= 11 is 4.25. The summed E-state index contributed by atoms with van der Waals surface area (Å²) < 4.78 is 18.5. The van der Waals surface area contributed by atoms with E-state index in [9.17, 15) is 5.26 Å². The topological polar surface area (TPSA) is 68.4 Å². The molecular formula is C25H31N3O3S. The Labute approximate surface area is 195 Å². The summed E-state index contributed by atoms with van der Waals surface area (Å²) in [5, 5.41) is 14.3. The highest BCUT2D eigenvalue weighted by Crippen LogP contribution is 2.35. The van der Waals surface area contributed by atoms with Crippen molar-refractivity contribution in [3.63, 3.8) is 0 Å². The third kappa shape index (κ3) is 5.77. The summed E-state index contributed by atoms with van der Waals surface area (Å²) in [6.07, 6.45) is 1.01. The molecule has 0 bridgehead atoms. The zero-order chi connectivity index (χ0) is 22.8. The molecule has 0 aliphatic carbocycles. The predicted octanol–water partition coefficient (Wildman–Crippen LogP) is 4.97. The van der Waals surface area contributed by atoms with Crippen molar-refractivity contribution in [2.24, 2.45) is 0 Å². The van der Waals surface area contributed by atoms with Crippen molar-refractivity contribution in [2.75, 3.05) is 51.2 Å². The van der Waals surface area contributed by atoms with Crippen LogP contribution >= 0.6 is 12.6 Å². The number of aryl methyl sites for hydroxylation is 1. The van der Waals surface area contributed by atoms with E-state index >= 15 is 0 Å². The minimum absolute atomic E-state index is 0.460. The molecule has 2 aromatic carbocycles. The third-order valence-electron chi connectivity index (χ3n) is 5.21. The number of aromatic nitrogens is 1. The Hall–Kier alpha value is -2.66. The highest BCUT2D eigenvalue weighted by Gasteiger charge is 2.18. The SMILES string of the molecule is CCn1c(-c2ccc(NCCCS)cc2)c(C#N)c2ccc(OCCOCCOC)cc21. The van der Waals surface area contributed by atoms with E-state index in [1.165, 1.54) is 0 Å². The Balaban J connectivity index is 1.84. The number of ether oxygens (including phenoxy) is 3. The molecule has 0 unspecified atom stereocenters. The molecule has 0 saturated carbocycles. The molecule has 1 heterocycles. The first kappa shape index (κ1) is 24.0. The van der Waals surface area contributed by atoms with Crippen LogP contribution in [-0.4, -0.2) is 50.4 Å². The molecule has 170 valence electrons. The van der Waals surface area contributed by atoms with Gasteiger partial charge in [-0.2, -0.15) is 17.9 Å². The van der Waals surface area contributed by atoms with Crippen molar-refractivity contribution in [1.82, 2.24) is 4.57 Å². The summed E-state index contributed by atoms with van der Waals surface area (Å²) in [6.45, 7) is 5.81. The van der Waals surface area contributed by atoms with Gasteiger partial charge in [-0.05, 0) is 48.9 Å². The zero-order valence-electron chi connectivity index (χ0n) is 18.8. The van der Waals surface area contributed by atoms with E-state index < -0.39 is 0 Å².